The Hall–Kier alpha value is -2.79. The number of hydrogen-bond acceptors (Lipinski definition) is 2. The van der Waals surface area contributed by atoms with Gasteiger partial charge in [-0.05, 0) is 23.5 Å². The fourth-order valence-corrected chi connectivity index (χ4v) is 3.06. The highest BCUT2D eigenvalue weighted by atomic mass is 16.5. The number of ether oxygens (including phenoxy) is 1. The van der Waals surface area contributed by atoms with Crippen molar-refractivity contribution < 1.29 is 9.53 Å². The summed E-state index contributed by atoms with van der Waals surface area (Å²) in [7, 11) is 0. The van der Waals surface area contributed by atoms with Crippen LogP contribution in [0.4, 0.5) is 0 Å². The number of hydrogen-bond donors (Lipinski definition) is 0. The molecule has 2 aromatic carbocycles. The molecule has 0 saturated heterocycles. The van der Waals surface area contributed by atoms with Crippen LogP contribution < -0.4 is 0 Å². The molecular weight excluding hydrogens is 332 g/mol. The maximum atomic E-state index is 12.8. The molecule has 0 spiro atoms. The van der Waals surface area contributed by atoms with Crippen LogP contribution in [0.5, 0.6) is 0 Å². The van der Waals surface area contributed by atoms with Gasteiger partial charge in [0.2, 0.25) is 0 Å². The topological polar surface area (TPSA) is 26.3 Å². The van der Waals surface area contributed by atoms with E-state index in [1.54, 1.807) is 0 Å². The minimum Gasteiger partial charge on any atom is -0.461 e. The fourth-order valence-electron chi connectivity index (χ4n) is 3.06. The first-order valence-corrected chi connectivity index (χ1v) is 9.70. The third-order valence-electron chi connectivity index (χ3n) is 4.72. The van der Waals surface area contributed by atoms with Crippen LogP contribution in [0.25, 0.3) is 5.57 Å². The zero-order valence-corrected chi connectivity index (χ0v) is 16.3. The first kappa shape index (κ1) is 20.5. The van der Waals surface area contributed by atoms with Crippen molar-refractivity contribution in [2.45, 2.75) is 39.5 Å². The van der Waals surface area contributed by atoms with E-state index < -0.39 is 5.97 Å². The molecule has 140 valence electrons. The van der Waals surface area contributed by atoms with E-state index in [0.29, 0.717) is 12.5 Å². The van der Waals surface area contributed by atoms with Crippen LogP contribution in [0, 0.1) is 18.3 Å². The van der Waals surface area contributed by atoms with E-state index in [1.807, 2.05) is 60.7 Å². The minimum absolute atomic E-state index is 0.276. The average Bonchev–Trinajstić information content (AvgIpc) is 2.73. The van der Waals surface area contributed by atoms with Crippen molar-refractivity contribution in [3.8, 4) is 12.3 Å². The maximum absolute atomic E-state index is 12.8. The van der Waals surface area contributed by atoms with Crippen LogP contribution in [0.2, 0.25) is 0 Å². The molecule has 0 aliphatic heterocycles. The van der Waals surface area contributed by atoms with Gasteiger partial charge in [-0.15, -0.1) is 6.42 Å². The summed E-state index contributed by atoms with van der Waals surface area (Å²) >= 11 is 0. The number of terminal acetylenes is 1. The summed E-state index contributed by atoms with van der Waals surface area (Å²) in [4.78, 5) is 12.8. The number of rotatable bonds is 9. The molecule has 2 aromatic rings. The van der Waals surface area contributed by atoms with Gasteiger partial charge >= 0.3 is 5.97 Å². The van der Waals surface area contributed by atoms with E-state index in [0.717, 1.165) is 42.4 Å². The van der Waals surface area contributed by atoms with E-state index in [1.165, 1.54) is 0 Å². The SMILES string of the molecule is C#CC(C(=O)OCC(CC)CCCC)=C(c1ccccc1)c1ccccc1. The lowest BCUT2D eigenvalue weighted by Gasteiger charge is -2.16. The van der Waals surface area contributed by atoms with E-state index in [-0.39, 0.29) is 5.57 Å². The fraction of sp³-hybridized carbons (Fsp3) is 0.320. The lowest BCUT2D eigenvalue weighted by atomic mass is 9.93. The summed E-state index contributed by atoms with van der Waals surface area (Å²) in [5.41, 5.74) is 2.83. The van der Waals surface area contributed by atoms with Crippen molar-refractivity contribution in [3.05, 3.63) is 77.4 Å². The first-order chi connectivity index (χ1) is 13.2. The van der Waals surface area contributed by atoms with Gasteiger partial charge in [-0.2, -0.15) is 0 Å². The Kier molecular flexibility index (Phi) is 8.39. The van der Waals surface area contributed by atoms with Gasteiger partial charge in [0.15, 0.2) is 0 Å². The average molecular weight is 360 g/mol. The zero-order valence-electron chi connectivity index (χ0n) is 16.3. The Balaban J connectivity index is 2.33. The molecule has 1 atom stereocenters. The second-order valence-electron chi connectivity index (χ2n) is 6.64. The number of unbranched alkanes of at least 4 members (excludes halogenated alkanes) is 1. The number of esters is 1. The molecule has 2 nitrogen and oxygen atoms in total. The molecule has 0 aliphatic rings. The summed E-state index contributed by atoms with van der Waals surface area (Å²) in [6.07, 6.45) is 10.1. The van der Waals surface area contributed by atoms with Gasteiger partial charge in [-0.1, -0.05) is 99.7 Å². The molecule has 1 unspecified atom stereocenters. The molecule has 0 heterocycles. The van der Waals surface area contributed by atoms with Crippen molar-refractivity contribution in [2.24, 2.45) is 5.92 Å². The predicted molar refractivity (Wildman–Crippen MR) is 112 cm³/mol. The summed E-state index contributed by atoms with van der Waals surface area (Å²) in [6, 6.07) is 19.5. The number of benzene rings is 2. The molecule has 0 saturated carbocycles. The molecule has 2 heteroatoms. The Bertz CT molecular complexity index is 741. The molecule has 2 rings (SSSR count). The van der Waals surface area contributed by atoms with Crippen molar-refractivity contribution in [1.29, 1.82) is 0 Å². The van der Waals surface area contributed by atoms with E-state index in [9.17, 15) is 4.79 Å². The molecule has 0 aromatic heterocycles. The van der Waals surface area contributed by atoms with Crippen molar-refractivity contribution >= 4 is 11.5 Å². The second kappa shape index (κ2) is 11.0. The Labute approximate surface area is 163 Å². The molecule has 0 fully saturated rings. The van der Waals surface area contributed by atoms with Gasteiger partial charge < -0.3 is 4.74 Å². The van der Waals surface area contributed by atoms with Gasteiger partial charge in [-0.3, -0.25) is 0 Å². The van der Waals surface area contributed by atoms with Crippen molar-refractivity contribution in [1.82, 2.24) is 0 Å². The molecule has 0 radical (unpaired) electrons. The predicted octanol–water partition coefficient (Wildman–Crippen LogP) is 5.88. The van der Waals surface area contributed by atoms with Gasteiger partial charge in [0.05, 0.1) is 6.61 Å². The Morgan fingerprint density at radius 1 is 1.00 bits per heavy atom. The van der Waals surface area contributed by atoms with Crippen LogP contribution in [0.3, 0.4) is 0 Å². The summed E-state index contributed by atoms with van der Waals surface area (Å²) in [6.45, 7) is 4.72. The van der Waals surface area contributed by atoms with Gasteiger partial charge in [-0.25, -0.2) is 4.79 Å². The Morgan fingerprint density at radius 2 is 1.56 bits per heavy atom. The monoisotopic (exact) mass is 360 g/mol. The maximum Gasteiger partial charge on any atom is 0.347 e. The van der Waals surface area contributed by atoms with Crippen LogP contribution in [0.15, 0.2) is 66.2 Å². The first-order valence-electron chi connectivity index (χ1n) is 9.70. The number of carbonyl (C=O) groups is 1. The quantitative estimate of drug-likeness (QED) is 0.317. The number of carbonyl (C=O) groups excluding carboxylic acids is 1. The van der Waals surface area contributed by atoms with Crippen LogP contribution in [0.1, 0.15) is 50.7 Å². The molecular formula is C25H28O2. The highest BCUT2D eigenvalue weighted by Gasteiger charge is 2.19. The van der Waals surface area contributed by atoms with E-state index in [2.05, 4.69) is 19.8 Å². The van der Waals surface area contributed by atoms with Crippen molar-refractivity contribution in [2.75, 3.05) is 6.61 Å². The summed E-state index contributed by atoms with van der Waals surface area (Å²) < 4.78 is 5.63. The lowest BCUT2D eigenvalue weighted by Crippen LogP contribution is -2.16. The lowest BCUT2D eigenvalue weighted by molar-refractivity contribution is -0.139. The highest BCUT2D eigenvalue weighted by molar-refractivity contribution is 6.05. The van der Waals surface area contributed by atoms with Crippen LogP contribution in [-0.2, 0) is 9.53 Å². The summed E-state index contributed by atoms with van der Waals surface area (Å²) in [5.74, 6) is 2.55. The zero-order chi connectivity index (χ0) is 19.5. The van der Waals surface area contributed by atoms with Crippen LogP contribution in [-0.4, -0.2) is 12.6 Å². The van der Waals surface area contributed by atoms with Gasteiger partial charge in [0.1, 0.15) is 5.57 Å². The highest BCUT2D eigenvalue weighted by Crippen LogP contribution is 2.27. The molecule has 27 heavy (non-hydrogen) atoms. The third-order valence-corrected chi connectivity index (χ3v) is 4.72. The van der Waals surface area contributed by atoms with E-state index in [4.69, 9.17) is 11.2 Å². The van der Waals surface area contributed by atoms with Gasteiger partial charge in [0, 0.05) is 5.57 Å². The largest absolute Gasteiger partial charge is 0.461 e. The molecule has 0 N–H and O–H groups in total. The smallest absolute Gasteiger partial charge is 0.347 e. The molecule has 0 aliphatic carbocycles. The van der Waals surface area contributed by atoms with E-state index >= 15 is 0 Å². The standard InChI is InChI=1S/C25H28O2/c1-4-7-14-20(5-2)19-27-25(26)23(6-3)24(21-15-10-8-11-16-21)22-17-12-9-13-18-22/h3,8-13,15-18,20H,4-5,7,14,19H2,1-2H3. The van der Waals surface area contributed by atoms with Gasteiger partial charge in [0.25, 0.3) is 0 Å². The van der Waals surface area contributed by atoms with Crippen LogP contribution >= 0.6 is 0 Å². The minimum atomic E-state index is -0.421. The molecule has 0 bridgehead atoms. The third kappa shape index (κ3) is 5.86. The second-order valence-corrected chi connectivity index (χ2v) is 6.64. The summed E-state index contributed by atoms with van der Waals surface area (Å²) in [5, 5.41) is 0. The van der Waals surface area contributed by atoms with Crippen molar-refractivity contribution in [3.63, 3.8) is 0 Å². The molecule has 0 amide bonds. The Morgan fingerprint density at radius 3 is 2.00 bits per heavy atom. The normalized spacial score (nSPS) is 11.3.